The lowest BCUT2D eigenvalue weighted by Gasteiger charge is -1.97. The van der Waals surface area contributed by atoms with E-state index in [9.17, 15) is 39.4 Å². The minimum absolute atomic E-state index is 0.0175. The molecule has 0 atom stereocenters. The highest BCUT2D eigenvalue weighted by molar-refractivity contribution is 6.34. The smallest absolute Gasteiger partial charge is 0.288 e. The normalized spacial score (nSPS) is 13.7. The first-order valence-electron chi connectivity index (χ1n) is 7.68. The highest BCUT2D eigenvalue weighted by Crippen LogP contribution is 2.31. The van der Waals surface area contributed by atoms with Crippen LogP contribution in [-0.2, 0) is 0 Å². The van der Waals surface area contributed by atoms with Crippen LogP contribution in [0.2, 0.25) is 10.0 Å². The van der Waals surface area contributed by atoms with Gasteiger partial charge in [-0.2, -0.15) is 0 Å². The fourth-order valence-corrected chi connectivity index (χ4v) is 3.10. The van der Waals surface area contributed by atoms with Crippen LogP contribution < -0.4 is 10.6 Å². The van der Waals surface area contributed by atoms with Gasteiger partial charge in [0, 0.05) is 12.1 Å². The molecule has 0 spiro atoms. The quantitative estimate of drug-likeness (QED) is 0.395. The molecule has 0 bridgehead atoms. The van der Waals surface area contributed by atoms with Gasteiger partial charge >= 0.3 is 0 Å². The summed E-state index contributed by atoms with van der Waals surface area (Å²) < 4.78 is 0. The van der Waals surface area contributed by atoms with Crippen LogP contribution in [0.3, 0.4) is 0 Å². The second-order valence-corrected chi connectivity index (χ2v) is 6.59. The number of nitro benzene ring substituents is 2. The van der Waals surface area contributed by atoms with Crippen molar-refractivity contribution in [2.75, 3.05) is 0 Å². The van der Waals surface area contributed by atoms with E-state index in [2.05, 4.69) is 0 Å². The highest BCUT2D eigenvalue weighted by atomic mass is 35.5. The van der Waals surface area contributed by atoms with Crippen molar-refractivity contribution >= 4 is 58.2 Å². The molecule has 2 N–H and O–H groups in total. The van der Waals surface area contributed by atoms with E-state index in [1.54, 1.807) is 0 Å². The van der Waals surface area contributed by atoms with Gasteiger partial charge in [-0.1, -0.05) is 23.2 Å². The molecular weight excluding hydrogens is 447 g/mol. The predicted octanol–water partition coefficient (Wildman–Crippen LogP) is 2.26. The molecule has 0 saturated carbocycles. The maximum Gasteiger partial charge on any atom is 0.288 e. The van der Waals surface area contributed by atoms with Crippen molar-refractivity contribution in [3.8, 4) is 0 Å². The molecule has 14 heteroatoms. The average Bonchev–Trinajstić information content (AvgIpc) is 3.08. The summed E-state index contributed by atoms with van der Waals surface area (Å²) in [5.41, 5.74) is -0.682. The summed E-state index contributed by atoms with van der Waals surface area (Å²) in [4.78, 5) is 64.2. The number of carbonyl (C=O) groups excluding carboxylic acids is 4. The van der Waals surface area contributed by atoms with E-state index in [0.29, 0.717) is 0 Å². The minimum atomic E-state index is -0.710. The number of hydrogen-bond acceptors (Lipinski definition) is 8. The van der Waals surface area contributed by atoms with Gasteiger partial charge in [-0.3, -0.25) is 50.0 Å². The molecule has 0 aliphatic carbocycles. The second kappa shape index (κ2) is 7.50. The number of carbonyl (C=O) groups is 4. The van der Waals surface area contributed by atoms with Crippen LogP contribution in [0.4, 0.5) is 11.4 Å². The zero-order chi connectivity index (χ0) is 22.3. The van der Waals surface area contributed by atoms with E-state index in [1.807, 2.05) is 10.6 Å². The van der Waals surface area contributed by atoms with Crippen LogP contribution in [0, 0.1) is 20.2 Å². The van der Waals surface area contributed by atoms with Crippen molar-refractivity contribution in [2.45, 2.75) is 0 Å². The lowest BCUT2D eigenvalue weighted by atomic mass is 10.1. The Kier molecular flexibility index (Phi) is 5.20. The molecule has 4 amide bonds. The first kappa shape index (κ1) is 20.8. The van der Waals surface area contributed by atoms with Crippen molar-refractivity contribution in [1.29, 1.82) is 0 Å². The van der Waals surface area contributed by atoms with Crippen LogP contribution in [-0.4, -0.2) is 33.5 Å². The molecule has 2 heterocycles. The SMILES string of the molecule is O=C1NC(=O)c2cc([N+](=O)[O-])c(Cl)cc21.O=C1NC(=O)c2cc([N+](=O)[O-])c(Cl)cc21. The molecule has 2 aliphatic heterocycles. The van der Waals surface area contributed by atoms with Gasteiger partial charge in [-0.25, -0.2) is 0 Å². The van der Waals surface area contributed by atoms with E-state index in [-0.39, 0.29) is 43.7 Å². The van der Waals surface area contributed by atoms with E-state index in [0.717, 1.165) is 24.3 Å². The van der Waals surface area contributed by atoms with Crippen LogP contribution in [0.1, 0.15) is 41.4 Å². The Hall–Kier alpha value is -3.90. The molecule has 30 heavy (non-hydrogen) atoms. The number of amides is 4. The van der Waals surface area contributed by atoms with Gasteiger partial charge < -0.3 is 0 Å². The Labute approximate surface area is 175 Å². The van der Waals surface area contributed by atoms with Crippen LogP contribution >= 0.6 is 23.2 Å². The molecule has 2 aliphatic rings. The third-order valence-corrected chi connectivity index (χ3v) is 4.61. The largest absolute Gasteiger partial charge is 0.288 e. The third-order valence-electron chi connectivity index (χ3n) is 4.00. The van der Waals surface area contributed by atoms with E-state index in [4.69, 9.17) is 23.2 Å². The zero-order valence-electron chi connectivity index (χ0n) is 14.2. The zero-order valence-corrected chi connectivity index (χ0v) is 15.7. The second-order valence-electron chi connectivity index (χ2n) is 5.78. The lowest BCUT2D eigenvalue weighted by molar-refractivity contribution is -0.384. The van der Waals surface area contributed by atoms with Gasteiger partial charge in [-0.15, -0.1) is 0 Å². The molecule has 12 nitrogen and oxygen atoms in total. The average molecular weight is 453 g/mol. The van der Waals surface area contributed by atoms with E-state index >= 15 is 0 Å². The first-order valence-corrected chi connectivity index (χ1v) is 8.44. The van der Waals surface area contributed by atoms with Crippen molar-refractivity contribution in [3.63, 3.8) is 0 Å². The Morgan fingerprint density at radius 3 is 1.13 bits per heavy atom. The highest BCUT2D eigenvalue weighted by Gasteiger charge is 2.31. The molecule has 2 aromatic rings. The lowest BCUT2D eigenvalue weighted by Crippen LogP contribution is -2.19. The fourth-order valence-electron chi connectivity index (χ4n) is 2.63. The van der Waals surface area contributed by atoms with Crippen molar-refractivity contribution in [3.05, 3.63) is 76.8 Å². The molecule has 0 fully saturated rings. The maximum atomic E-state index is 11.2. The van der Waals surface area contributed by atoms with Gasteiger partial charge in [0.05, 0.1) is 32.1 Å². The first-order chi connectivity index (χ1) is 14.0. The summed E-state index contributed by atoms with van der Waals surface area (Å²) in [6.45, 7) is 0. The van der Waals surface area contributed by atoms with Crippen LogP contribution in [0.15, 0.2) is 24.3 Å². The Morgan fingerprint density at radius 1 is 0.600 bits per heavy atom. The molecular formula is C16H6Cl2N4O8. The van der Waals surface area contributed by atoms with E-state index < -0.39 is 33.5 Å². The summed E-state index contributed by atoms with van der Waals surface area (Å²) in [5, 5.41) is 24.7. The Balaban J connectivity index is 0.000000171. The molecule has 0 unspecified atom stereocenters. The Bertz CT molecular complexity index is 1120. The topological polar surface area (TPSA) is 179 Å². The number of nitro groups is 2. The number of imide groups is 2. The molecule has 2 aromatic carbocycles. The number of fused-ring (bicyclic) bond motifs is 2. The Morgan fingerprint density at radius 2 is 0.867 bits per heavy atom. The predicted molar refractivity (Wildman–Crippen MR) is 99.8 cm³/mol. The summed E-state index contributed by atoms with van der Waals surface area (Å²) in [5.74, 6) is -2.47. The monoisotopic (exact) mass is 452 g/mol. The van der Waals surface area contributed by atoms with Gasteiger partial charge in [0.1, 0.15) is 10.0 Å². The van der Waals surface area contributed by atoms with Crippen LogP contribution in [0.25, 0.3) is 0 Å². The van der Waals surface area contributed by atoms with Gasteiger partial charge in [-0.05, 0) is 12.1 Å². The number of hydrogen-bond donors (Lipinski definition) is 2. The maximum absolute atomic E-state index is 11.2. The standard InChI is InChI=1S/2C8H3ClN2O4/c2*9-5-1-3-4(2-6(5)11(14)15)8(13)10-7(3)12/h2*1-2H,(H,10,12,13). The van der Waals surface area contributed by atoms with Crippen LogP contribution in [0.5, 0.6) is 0 Å². The van der Waals surface area contributed by atoms with Gasteiger partial charge in [0.25, 0.3) is 35.0 Å². The van der Waals surface area contributed by atoms with Crippen molar-refractivity contribution < 1.29 is 29.0 Å². The molecule has 0 aromatic heterocycles. The molecule has 0 radical (unpaired) electrons. The third kappa shape index (κ3) is 3.56. The summed E-state index contributed by atoms with van der Waals surface area (Å²) in [7, 11) is 0. The number of nitrogens with zero attached hydrogens (tertiary/aromatic N) is 2. The summed E-state index contributed by atoms with van der Waals surface area (Å²) in [6, 6.07) is 4.24. The number of halogens is 2. The van der Waals surface area contributed by atoms with Crippen molar-refractivity contribution in [1.82, 2.24) is 10.6 Å². The molecule has 4 rings (SSSR count). The summed E-state index contributed by atoms with van der Waals surface area (Å²) >= 11 is 11.2. The van der Waals surface area contributed by atoms with Gasteiger partial charge in [0.15, 0.2) is 0 Å². The minimum Gasteiger partial charge on any atom is -0.288 e. The summed E-state index contributed by atoms with van der Waals surface area (Å²) in [6.07, 6.45) is 0. The molecule has 0 saturated heterocycles. The van der Waals surface area contributed by atoms with E-state index in [1.165, 1.54) is 0 Å². The number of rotatable bonds is 2. The fraction of sp³-hybridized carbons (Fsp3) is 0. The number of nitrogens with one attached hydrogen (secondary N) is 2. The number of benzene rings is 2. The molecule has 152 valence electrons. The van der Waals surface area contributed by atoms with Gasteiger partial charge in [0.2, 0.25) is 0 Å². The van der Waals surface area contributed by atoms with Crippen molar-refractivity contribution in [2.24, 2.45) is 0 Å².